The van der Waals surface area contributed by atoms with Crippen molar-refractivity contribution < 1.29 is 9.90 Å². The van der Waals surface area contributed by atoms with Crippen molar-refractivity contribution in [2.24, 2.45) is 11.3 Å². The normalized spacial score (nSPS) is 37.0. The second-order valence-electron chi connectivity index (χ2n) is 7.00. The standard InChI is InChI=1S/C16H30N2O2/c1-4-18-9-8-17(11-14(18)3)12-16(15(19)20)7-5-6-13(2)10-16/h13-14H,4-12H2,1-3H3,(H,19,20). The van der Waals surface area contributed by atoms with E-state index < -0.39 is 11.4 Å². The number of piperazine rings is 1. The van der Waals surface area contributed by atoms with Gasteiger partial charge >= 0.3 is 5.97 Å². The van der Waals surface area contributed by atoms with Crippen LogP contribution in [0, 0.1) is 11.3 Å². The molecule has 4 nitrogen and oxygen atoms in total. The Morgan fingerprint density at radius 1 is 1.35 bits per heavy atom. The smallest absolute Gasteiger partial charge is 0.310 e. The SMILES string of the molecule is CCN1CCN(CC2(C(=O)O)CCCC(C)C2)CC1C. The van der Waals surface area contributed by atoms with Crippen molar-refractivity contribution in [2.75, 3.05) is 32.7 Å². The molecule has 1 saturated carbocycles. The maximum atomic E-state index is 11.9. The predicted molar refractivity (Wildman–Crippen MR) is 80.8 cm³/mol. The molecular formula is C16H30N2O2. The number of nitrogens with zero attached hydrogens (tertiary/aromatic N) is 2. The summed E-state index contributed by atoms with van der Waals surface area (Å²) < 4.78 is 0. The van der Waals surface area contributed by atoms with Gasteiger partial charge in [0.2, 0.25) is 0 Å². The third kappa shape index (κ3) is 3.34. The van der Waals surface area contributed by atoms with E-state index in [1.54, 1.807) is 0 Å². The lowest BCUT2D eigenvalue weighted by Crippen LogP contribution is -2.55. The summed E-state index contributed by atoms with van der Waals surface area (Å²) in [5, 5.41) is 9.76. The molecule has 0 spiro atoms. The minimum Gasteiger partial charge on any atom is -0.481 e. The first kappa shape index (κ1) is 15.8. The van der Waals surface area contributed by atoms with Gasteiger partial charge in [0, 0.05) is 32.2 Å². The quantitative estimate of drug-likeness (QED) is 0.859. The van der Waals surface area contributed by atoms with Gasteiger partial charge in [-0.15, -0.1) is 0 Å². The fourth-order valence-corrected chi connectivity index (χ4v) is 4.18. The lowest BCUT2D eigenvalue weighted by atomic mass is 9.69. The Hall–Kier alpha value is -0.610. The molecule has 0 aromatic heterocycles. The van der Waals surface area contributed by atoms with E-state index in [1.807, 2.05) is 0 Å². The van der Waals surface area contributed by atoms with Gasteiger partial charge in [0.25, 0.3) is 0 Å². The number of rotatable bonds is 4. The Morgan fingerprint density at radius 2 is 2.10 bits per heavy atom. The third-order valence-corrected chi connectivity index (χ3v) is 5.33. The van der Waals surface area contributed by atoms with Crippen molar-refractivity contribution in [3.63, 3.8) is 0 Å². The summed E-state index contributed by atoms with van der Waals surface area (Å²) in [6.45, 7) is 11.6. The van der Waals surface area contributed by atoms with Crippen molar-refractivity contribution in [3.8, 4) is 0 Å². The minimum atomic E-state index is -0.574. The largest absolute Gasteiger partial charge is 0.481 e. The summed E-state index contributed by atoms with van der Waals surface area (Å²) in [7, 11) is 0. The van der Waals surface area contributed by atoms with Crippen molar-refractivity contribution in [1.29, 1.82) is 0 Å². The van der Waals surface area contributed by atoms with E-state index in [4.69, 9.17) is 0 Å². The first-order valence-electron chi connectivity index (χ1n) is 8.16. The van der Waals surface area contributed by atoms with E-state index in [0.29, 0.717) is 12.0 Å². The highest BCUT2D eigenvalue weighted by atomic mass is 16.4. The molecule has 1 N–H and O–H groups in total. The maximum absolute atomic E-state index is 11.9. The molecule has 1 aliphatic carbocycles. The summed E-state index contributed by atoms with van der Waals surface area (Å²) in [4.78, 5) is 16.7. The molecule has 0 aromatic rings. The van der Waals surface area contributed by atoms with Crippen LogP contribution in [0.3, 0.4) is 0 Å². The molecule has 0 aromatic carbocycles. The summed E-state index contributed by atoms with van der Waals surface area (Å²) in [5.41, 5.74) is -0.494. The van der Waals surface area contributed by atoms with Crippen molar-refractivity contribution in [2.45, 2.75) is 52.5 Å². The lowest BCUT2D eigenvalue weighted by Gasteiger charge is -2.45. The van der Waals surface area contributed by atoms with Gasteiger partial charge in [0.1, 0.15) is 0 Å². The molecule has 1 heterocycles. The van der Waals surface area contributed by atoms with Gasteiger partial charge in [0.15, 0.2) is 0 Å². The summed E-state index contributed by atoms with van der Waals surface area (Å²) in [6, 6.07) is 0.542. The van der Waals surface area contributed by atoms with Crippen LogP contribution in [-0.4, -0.2) is 59.6 Å². The van der Waals surface area contributed by atoms with Crippen LogP contribution in [0.15, 0.2) is 0 Å². The number of carbonyl (C=O) groups is 1. The molecule has 1 saturated heterocycles. The molecular weight excluding hydrogens is 252 g/mol. The molecule has 2 aliphatic rings. The molecule has 20 heavy (non-hydrogen) atoms. The van der Waals surface area contributed by atoms with Gasteiger partial charge < -0.3 is 5.11 Å². The van der Waals surface area contributed by atoms with Crippen LogP contribution in [0.5, 0.6) is 0 Å². The van der Waals surface area contributed by atoms with Crippen LogP contribution in [-0.2, 0) is 4.79 Å². The van der Waals surface area contributed by atoms with Crippen LogP contribution in [0.4, 0.5) is 0 Å². The molecule has 1 aliphatic heterocycles. The number of hydrogen-bond acceptors (Lipinski definition) is 3. The summed E-state index contributed by atoms with van der Waals surface area (Å²) in [6.07, 6.45) is 3.97. The van der Waals surface area contributed by atoms with Crippen LogP contribution in [0.25, 0.3) is 0 Å². The van der Waals surface area contributed by atoms with Crippen molar-refractivity contribution in [1.82, 2.24) is 9.80 Å². The Bertz CT molecular complexity index is 347. The molecule has 3 atom stereocenters. The highest BCUT2D eigenvalue weighted by molar-refractivity contribution is 5.75. The lowest BCUT2D eigenvalue weighted by molar-refractivity contribution is -0.154. The van der Waals surface area contributed by atoms with Crippen LogP contribution >= 0.6 is 0 Å². The van der Waals surface area contributed by atoms with E-state index >= 15 is 0 Å². The minimum absolute atomic E-state index is 0.494. The van der Waals surface area contributed by atoms with Crippen LogP contribution in [0.2, 0.25) is 0 Å². The number of carboxylic acid groups (broad SMARTS) is 1. The first-order chi connectivity index (χ1) is 9.47. The van der Waals surface area contributed by atoms with E-state index in [0.717, 1.165) is 52.0 Å². The topological polar surface area (TPSA) is 43.8 Å². The maximum Gasteiger partial charge on any atom is 0.310 e. The number of likely N-dealkylation sites (N-methyl/N-ethyl adjacent to an activating group) is 1. The molecule has 0 bridgehead atoms. The summed E-state index contributed by atoms with van der Waals surface area (Å²) >= 11 is 0. The zero-order valence-electron chi connectivity index (χ0n) is 13.3. The molecule has 3 unspecified atom stereocenters. The Morgan fingerprint density at radius 3 is 2.65 bits per heavy atom. The Kier molecular flexibility index (Phi) is 5.08. The highest BCUT2D eigenvalue weighted by Gasteiger charge is 2.43. The highest BCUT2D eigenvalue weighted by Crippen LogP contribution is 2.40. The van der Waals surface area contributed by atoms with E-state index in [2.05, 4.69) is 30.6 Å². The zero-order valence-corrected chi connectivity index (χ0v) is 13.3. The van der Waals surface area contributed by atoms with Gasteiger partial charge in [0.05, 0.1) is 5.41 Å². The van der Waals surface area contributed by atoms with E-state index in [9.17, 15) is 9.90 Å². The zero-order chi connectivity index (χ0) is 14.8. The molecule has 4 heteroatoms. The van der Waals surface area contributed by atoms with Crippen LogP contribution in [0.1, 0.15) is 46.5 Å². The second-order valence-corrected chi connectivity index (χ2v) is 7.00. The fraction of sp³-hybridized carbons (Fsp3) is 0.938. The van der Waals surface area contributed by atoms with Crippen molar-refractivity contribution in [3.05, 3.63) is 0 Å². The van der Waals surface area contributed by atoms with Crippen LogP contribution < -0.4 is 0 Å². The predicted octanol–water partition coefficient (Wildman–Crippen LogP) is 2.29. The number of aliphatic carboxylic acids is 1. The second kappa shape index (κ2) is 6.44. The third-order valence-electron chi connectivity index (χ3n) is 5.33. The Labute approximate surface area is 123 Å². The van der Waals surface area contributed by atoms with Gasteiger partial charge in [-0.1, -0.05) is 26.7 Å². The molecule has 0 amide bonds. The average Bonchev–Trinajstić information content (AvgIpc) is 2.38. The number of hydrogen-bond donors (Lipinski definition) is 1. The molecule has 116 valence electrons. The van der Waals surface area contributed by atoms with Crippen molar-refractivity contribution >= 4 is 5.97 Å². The summed E-state index contributed by atoms with van der Waals surface area (Å²) in [5.74, 6) is -0.0242. The average molecular weight is 282 g/mol. The monoisotopic (exact) mass is 282 g/mol. The van der Waals surface area contributed by atoms with Gasteiger partial charge in [-0.05, 0) is 32.2 Å². The molecule has 2 rings (SSSR count). The van der Waals surface area contributed by atoms with Gasteiger partial charge in [-0.2, -0.15) is 0 Å². The first-order valence-corrected chi connectivity index (χ1v) is 8.16. The van der Waals surface area contributed by atoms with E-state index in [-0.39, 0.29) is 0 Å². The fourth-order valence-electron chi connectivity index (χ4n) is 4.18. The van der Waals surface area contributed by atoms with Gasteiger partial charge in [-0.25, -0.2) is 0 Å². The van der Waals surface area contributed by atoms with E-state index in [1.165, 1.54) is 6.42 Å². The Balaban J connectivity index is 2.00. The molecule has 2 fully saturated rings. The van der Waals surface area contributed by atoms with Gasteiger partial charge in [-0.3, -0.25) is 14.6 Å². The molecule has 0 radical (unpaired) electrons. The number of carboxylic acids is 1.